The average Bonchev–Trinajstić information content (AvgIpc) is 2.20. The highest BCUT2D eigenvalue weighted by molar-refractivity contribution is 4.97. The Labute approximate surface area is 84.8 Å². The minimum atomic E-state index is 0.714. The largest absolute Gasteiger partial charge is 0.376 e. The van der Waals surface area contributed by atoms with Crippen molar-refractivity contribution in [1.82, 2.24) is 4.90 Å². The molecule has 1 heterocycles. The Kier molecular flexibility index (Phi) is 11.1. The smallest absolute Gasteiger partial charge is 0.0255 e. The Hall–Kier alpha value is -0.460. The summed E-state index contributed by atoms with van der Waals surface area (Å²) >= 11 is 0. The maximum Gasteiger partial charge on any atom is 0.0255 e. The Balaban J connectivity index is 0. The zero-order valence-electron chi connectivity index (χ0n) is 10.4. The maximum atomic E-state index is 3.97. The van der Waals surface area contributed by atoms with E-state index in [1.807, 2.05) is 27.7 Å². The normalized spacial score (nSPS) is 20.9. The molecule has 1 fully saturated rings. The summed E-state index contributed by atoms with van der Waals surface area (Å²) in [5.41, 5.74) is 1.30. The molecule has 1 aliphatic rings. The van der Waals surface area contributed by atoms with Gasteiger partial charge in [0.15, 0.2) is 0 Å². The van der Waals surface area contributed by atoms with E-state index in [0.717, 1.165) is 0 Å². The molecule has 1 aliphatic heterocycles. The van der Waals surface area contributed by atoms with E-state index in [1.165, 1.54) is 25.0 Å². The molecule has 0 aliphatic carbocycles. The van der Waals surface area contributed by atoms with Crippen molar-refractivity contribution in [3.8, 4) is 0 Å². The van der Waals surface area contributed by atoms with Crippen molar-refractivity contribution in [2.24, 2.45) is 0 Å². The van der Waals surface area contributed by atoms with Crippen molar-refractivity contribution in [1.29, 1.82) is 0 Å². The first-order valence-corrected chi connectivity index (χ1v) is 5.62. The molecule has 1 saturated heterocycles. The molecule has 0 radical (unpaired) electrons. The van der Waals surface area contributed by atoms with Gasteiger partial charge in [0.05, 0.1) is 0 Å². The van der Waals surface area contributed by atoms with E-state index < -0.39 is 0 Å². The van der Waals surface area contributed by atoms with Gasteiger partial charge in [-0.15, -0.1) is 0 Å². The van der Waals surface area contributed by atoms with Crippen LogP contribution in [0.1, 0.15) is 53.9 Å². The van der Waals surface area contributed by atoms with Gasteiger partial charge in [-0.3, -0.25) is 0 Å². The second-order valence-electron chi connectivity index (χ2n) is 2.92. The van der Waals surface area contributed by atoms with E-state index in [9.17, 15) is 0 Å². The lowest BCUT2D eigenvalue weighted by Crippen LogP contribution is -2.31. The van der Waals surface area contributed by atoms with Gasteiger partial charge in [0.1, 0.15) is 0 Å². The van der Waals surface area contributed by atoms with Crippen LogP contribution in [0.2, 0.25) is 0 Å². The number of piperidine rings is 1. The quantitative estimate of drug-likeness (QED) is 0.550. The highest BCUT2D eigenvalue weighted by Crippen LogP contribution is 2.21. The second-order valence-corrected chi connectivity index (χ2v) is 2.92. The van der Waals surface area contributed by atoms with Crippen LogP contribution in [0.4, 0.5) is 0 Å². The van der Waals surface area contributed by atoms with Gasteiger partial charge in [-0.1, -0.05) is 34.3 Å². The molecule has 0 aromatic rings. The fourth-order valence-electron chi connectivity index (χ4n) is 1.28. The van der Waals surface area contributed by atoms with Crippen LogP contribution in [0.3, 0.4) is 0 Å². The highest BCUT2D eigenvalue weighted by Gasteiger charge is 2.15. The summed E-state index contributed by atoms with van der Waals surface area (Å²) in [6.07, 6.45) is 3.85. The summed E-state index contributed by atoms with van der Waals surface area (Å²) in [6, 6.07) is 0.714. The fraction of sp³-hybridized carbons (Fsp3) is 0.833. The van der Waals surface area contributed by atoms with Gasteiger partial charge in [-0.25, -0.2) is 0 Å². The molecule has 0 saturated carbocycles. The van der Waals surface area contributed by atoms with Crippen LogP contribution in [0.25, 0.3) is 0 Å². The molecule has 80 valence electrons. The van der Waals surface area contributed by atoms with Crippen molar-refractivity contribution >= 4 is 0 Å². The summed E-state index contributed by atoms with van der Waals surface area (Å²) in [7, 11) is 2.13. The predicted molar refractivity (Wildman–Crippen MR) is 62.9 cm³/mol. The van der Waals surface area contributed by atoms with Gasteiger partial charge < -0.3 is 4.90 Å². The van der Waals surface area contributed by atoms with Crippen molar-refractivity contribution in [2.45, 2.75) is 59.9 Å². The molecule has 0 amide bonds. The topological polar surface area (TPSA) is 3.24 Å². The summed E-state index contributed by atoms with van der Waals surface area (Å²) in [5.74, 6) is 0. The van der Waals surface area contributed by atoms with Gasteiger partial charge in [-0.05, 0) is 26.2 Å². The molecule has 0 spiro atoms. The van der Waals surface area contributed by atoms with E-state index in [2.05, 4.69) is 25.5 Å². The zero-order chi connectivity index (χ0) is 10.9. The van der Waals surface area contributed by atoms with Crippen LogP contribution >= 0.6 is 0 Å². The molecule has 1 atom stereocenters. The molecule has 0 aromatic heterocycles. The van der Waals surface area contributed by atoms with Crippen molar-refractivity contribution in [2.75, 3.05) is 7.05 Å². The molecule has 1 unspecified atom stereocenters. The Morgan fingerprint density at radius 1 is 1.23 bits per heavy atom. The SMILES string of the molecule is C=C1CCCC(C)N1C.CC.CC. The summed E-state index contributed by atoms with van der Waals surface area (Å²) in [5, 5.41) is 0. The number of rotatable bonds is 0. The molecular formula is C12H27N. The number of hydrogen-bond acceptors (Lipinski definition) is 1. The third-order valence-electron chi connectivity index (χ3n) is 2.25. The first-order chi connectivity index (χ1) is 6.22. The number of allylic oxidation sites excluding steroid dienone is 1. The van der Waals surface area contributed by atoms with Crippen LogP contribution < -0.4 is 0 Å². The van der Waals surface area contributed by atoms with E-state index in [1.54, 1.807) is 0 Å². The number of nitrogens with zero attached hydrogens (tertiary/aromatic N) is 1. The van der Waals surface area contributed by atoms with Crippen LogP contribution in [0, 0.1) is 0 Å². The first kappa shape index (κ1) is 15.0. The third-order valence-corrected chi connectivity index (χ3v) is 2.25. The van der Waals surface area contributed by atoms with Gasteiger partial charge in [-0.2, -0.15) is 0 Å². The number of likely N-dealkylation sites (tertiary alicyclic amines) is 1. The summed E-state index contributed by atoms with van der Waals surface area (Å²) < 4.78 is 0. The van der Waals surface area contributed by atoms with Crippen LogP contribution in [0.5, 0.6) is 0 Å². The van der Waals surface area contributed by atoms with Crippen LogP contribution in [0.15, 0.2) is 12.3 Å². The zero-order valence-corrected chi connectivity index (χ0v) is 10.4. The molecule has 1 heteroatoms. The predicted octanol–water partition coefficient (Wildman–Crippen LogP) is 4.06. The lowest BCUT2D eigenvalue weighted by Gasteiger charge is -2.33. The van der Waals surface area contributed by atoms with Gasteiger partial charge >= 0.3 is 0 Å². The monoisotopic (exact) mass is 185 g/mol. The molecule has 1 rings (SSSR count). The third kappa shape index (κ3) is 5.73. The van der Waals surface area contributed by atoms with E-state index >= 15 is 0 Å². The van der Waals surface area contributed by atoms with Crippen molar-refractivity contribution in [3.05, 3.63) is 12.3 Å². The van der Waals surface area contributed by atoms with Crippen LogP contribution in [-0.4, -0.2) is 18.0 Å². The van der Waals surface area contributed by atoms with Gasteiger partial charge in [0.25, 0.3) is 0 Å². The van der Waals surface area contributed by atoms with Gasteiger partial charge in [0, 0.05) is 18.8 Å². The second kappa shape index (κ2) is 9.63. The fourth-order valence-corrected chi connectivity index (χ4v) is 1.28. The Morgan fingerprint density at radius 2 is 1.69 bits per heavy atom. The Morgan fingerprint density at radius 3 is 2.00 bits per heavy atom. The van der Waals surface area contributed by atoms with E-state index in [-0.39, 0.29) is 0 Å². The molecule has 0 N–H and O–H groups in total. The van der Waals surface area contributed by atoms with Crippen molar-refractivity contribution in [3.63, 3.8) is 0 Å². The summed E-state index contributed by atoms with van der Waals surface area (Å²) in [6.45, 7) is 14.2. The van der Waals surface area contributed by atoms with E-state index in [4.69, 9.17) is 0 Å². The molecular weight excluding hydrogens is 158 g/mol. The Bertz CT molecular complexity index is 118. The number of hydrogen-bond donors (Lipinski definition) is 0. The molecule has 0 aromatic carbocycles. The average molecular weight is 185 g/mol. The lowest BCUT2D eigenvalue weighted by atomic mass is 10.0. The lowest BCUT2D eigenvalue weighted by molar-refractivity contribution is 0.258. The molecule has 1 nitrogen and oxygen atoms in total. The van der Waals surface area contributed by atoms with E-state index in [0.29, 0.717) is 6.04 Å². The van der Waals surface area contributed by atoms with Crippen LogP contribution in [-0.2, 0) is 0 Å². The van der Waals surface area contributed by atoms with Crippen molar-refractivity contribution < 1.29 is 0 Å². The minimum Gasteiger partial charge on any atom is -0.376 e. The molecule has 13 heavy (non-hydrogen) atoms. The van der Waals surface area contributed by atoms with Gasteiger partial charge in [0.2, 0.25) is 0 Å². The standard InChI is InChI=1S/C8H15N.2C2H6/c1-7-5-4-6-8(2)9(7)3;2*1-2/h8H,1,4-6H2,2-3H3;2*1-2H3. The summed E-state index contributed by atoms with van der Waals surface area (Å²) in [4.78, 5) is 2.28. The highest BCUT2D eigenvalue weighted by atomic mass is 15.1. The molecule has 0 bridgehead atoms. The maximum absolute atomic E-state index is 3.97. The minimum absolute atomic E-state index is 0.714. The first-order valence-electron chi connectivity index (χ1n) is 5.62.